The van der Waals surface area contributed by atoms with Gasteiger partial charge < -0.3 is 38.4 Å². The normalized spacial score (nSPS) is 15.8. The minimum atomic E-state index is -2.17. The summed E-state index contributed by atoms with van der Waals surface area (Å²) in [6.07, 6.45) is 2.38. The molecule has 1 aliphatic heterocycles. The summed E-state index contributed by atoms with van der Waals surface area (Å²) in [5.74, 6) is -0.996. The second-order valence-electron chi connectivity index (χ2n) is 10.1. The highest BCUT2D eigenvalue weighted by Crippen LogP contribution is 2.55. The van der Waals surface area contributed by atoms with Gasteiger partial charge in [-0.1, -0.05) is 13.3 Å². The van der Waals surface area contributed by atoms with Crippen LogP contribution in [0.25, 0.3) is 11.3 Å². The average molecular weight is 606 g/mol. The second-order valence-corrected chi connectivity index (χ2v) is 10.1. The third-order valence-corrected chi connectivity index (χ3v) is 7.50. The molecule has 1 aliphatic rings. The number of hydrogen-bond donors (Lipinski definition) is 1. The number of fused-ring (bicyclic) bond motifs is 1. The van der Waals surface area contributed by atoms with Crippen molar-refractivity contribution in [2.75, 3.05) is 61.7 Å². The van der Waals surface area contributed by atoms with E-state index < -0.39 is 5.91 Å². The Balaban J connectivity index is 2.27. The highest BCUT2D eigenvalue weighted by atomic mass is 16.6. The molecule has 0 aliphatic carbocycles. The highest BCUT2D eigenvalue weighted by Gasteiger charge is 2.50. The van der Waals surface area contributed by atoms with E-state index in [0.717, 1.165) is 24.0 Å². The highest BCUT2D eigenvalue weighted by molar-refractivity contribution is 6.04. The number of nitriles is 1. The Hall–Kier alpha value is -4.73. The van der Waals surface area contributed by atoms with Crippen molar-refractivity contribution in [1.29, 1.82) is 5.26 Å². The molecule has 12 heteroatoms. The zero-order valence-corrected chi connectivity index (χ0v) is 26.6. The van der Waals surface area contributed by atoms with E-state index in [1.807, 2.05) is 19.0 Å². The molecule has 3 heterocycles. The quantitative estimate of drug-likeness (QED) is 0.289. The number of pyridine rings is 2. The Bertz CT molecular complexity index is 1580. The summed E-state index contributed by atoms with van der Waals surface area (Å²) in [5, 5.41) is 23.1. The van der Waals surface area contributed by atoms with E-state index in [9.17, 15) is 10.4 Å². The molecule has 2 aromatic heterocycles. The Labute approximate surface area is 258 Å². The monoisotopic (exact) mass is 605 g/mol. The van der Waals surface area contributed by atoms with Gasteiger partial charge in [0, 0.05) is 45.0 Å². The van der Waals surface area contributed by atoms with Crippen molar-refractivity contribution in [3.63, 3.8) is 0 Å². The molecular formula is C32H39N5O7. The summed E-state index contributed by atoms with van der Waals surface area (Å²) in [5.41, 5.74) is 4.47. The fourth-order valence-electron chi connectivity index (χ4n) is 5.51. The van der Waals surface area contributed by atoms with Crippen molar-refractivity contribution in [2.45, 2.75) is 32.1 Å². The number of benzene rings is 1. The van der Waals surface area contributed by atoms with Crippen molar-refractivity contribution < 1.29 is 33.5 Å². The van der Waals surface area contributed by atoms with E-state index in [-0.39, 0.29) is 23.5 Å². The van der Waals surface area contributed by atoms with Crippen LogP contribution >= 0.6 is 0 Å². The summed E-state index contributed by atoms with van der Waals surface area (Å²) in [7, 11) is 12.6. The summed E-state index contributed by atoms with van der Waals surface area (Å²) >= 11 is 0. The first-order chi connectivity index (χ1) is 21.2. The summed E-state index contributed by atoms with van der Waals surface area (Å²) < 4.78 is 33.9. The zero-order chi connectivity index (χ0) is 32.2. The molecule has 44 heavy (non-hydrogen) atoms. The number of aliphatic hydroxyl groups is 1. The van der Waals surface area contributed by atoms with E-state index >= 15 is 0 Å². The zero-order valence-electron chi connectivity index (χ0n) is 26.6. The van der Waals surface area contributed by atoms with Crippen molar-refractivity contribution in [3.8, 4) is 35.3 Å². The van der Waals surface area contributed by atoms with Gasteiger partial charge in [-0.3, -0.25) is 4.90 Å². The van der Waals surface area contributed by atoms with E-state index in [1.165, 1.54) is 42.7 Å². The first-order valence-corrected chi connectivity index (χ1v) is 14.0. The number of unbranched alkanes of at least 4 members (excludes halogenated alkanes) is 1. The van der Waals surface area contributed by atoms with Crippen LogP contribution in [0.4, 0.5) is 11.4 Å². The minimum Gasteiger partial charge on any atom is -0.491 e. The van der Waals surface area contributed by atoms with Crippen molar-refractivity contribution in [1.82, 2.24) is 14.9 Å². The van der Waals surface area contributed by atoms with Crippen LogP contribution in [-0.2, 0) is 11.2 Å². The third kappa shape index (κ3) is 5.40. The molecule has 3 aromatic rings. The van der Waals surface area contributed by atoms with Gasteiger partial charge in [0.1, 0.15) is 5.69 Å². The molecule has 0 bridgehead atoms. The molecule has 1 aromatic carbocycles. The van der Waals surface area contributed by atoms with Crippen LogP contribution in [0.2, 0.25) is 0 Å². The van der Waals surface area contributed by atoms with E-state index in [4.69, 9.17) is 28.4 Å². The molecule has 4 rings (SSSR count). The van der Waals surface area contributed by atoms with Gasteiger partial charge in [-0.05, 0) is 36.1 Å². The van der Waals surface area contributed by atoms with Gasteiger partial charge in [0.25, 0.3) is 11.8 Å². The summed E-state index contributed by atoms with van der Waals surface area (Å²) in [6.45, 7) is 2.10. The van der Waals surface area contributed by atoms with Gasteiger partial charge in [-0.15, -0.1) is 0 Å². The maximum atomic E-state index is 12.9. The number of aromatic nitrogens is 2. The second kappa shape index (κ2) is 13.3. The lowest BCUT2D eigenvalue weighted by atomic mass is 9.84. The van der Waals surface area contributed by atoms with Crippen LogP contribution in [0.3, 0.4) is 0 Å². The summed E-state index contributed by atoms with van der Waals surface area (Å²) in [4.78, 5) is 12.4. The van der Waals surface area contributed by atoms with Crippen molar-refractivity contribution >= 4 is 22.6 Å². The molecular weight excluding hydrogens is 566 g/mol. The first kappa shape index (κ1) is 32.2. The Morgan fingerprint density at radius 2 is 1.55 bits per heavy atom. The number of nitrogens with zero attached hydrogens (tertiary/aromatic N) is 5. The van der Waals surface area contributed by atoms with Crippen molar-refractivity contribution in [2.24, 2.45) is 0 Å². The van der Waals surface area contributed by atoms with E-state index in [0.29, 0.717) is 45.9 Å². The van der Waals surface area contributed by atoms with Gasteiger partial charge in [0.05, 0.1) is 64.1 Å². The van der Waals surface area contributed by atoms with Gasteiger partial charge in [0.15, 0.2) is 5.75 Å². The molecule has 12 nitrogen and oxygen atoms in total. The maximum Gasteiger partial charge on any atom is 0.284 e. The fourth-order valence-corrected chi connectivity index (χ4v) is 5.51. The first-order valence-electron chi connectivity index (χ1n) is 14.0. The van der Waals surface area contributed by atoms with Crippen LogP contribution < -0.4 is 28.6 Å². The van der Waals surface area contributed by atoms with Crippen LogP contribution in [0.15, 0.2) is 30.3 Å². The van der Waals surface area contributed by atoms with E-state index in [1.54, 1.807) is 35.2 Å². The lowest BCUT2D eigenvalue weighted by Gasteiger charge is -2.47. The predicted octanol–water partition coefficient (Wildman–Crippen LogP) is 4.61. The summed E-state index contributed by atoms with van der Waals surface area (Å²) in [6, 6.07) is 11.0. The fraction of sp³-hybridized carbons (Fsp3) is 0.406. The molecule has 0 saturated carbocycles. The third-order valence-electron chi connectivity index (χ3n) is 7.50. The number of hydrogen-bond acceptors (Lipinski definition) is 12. The standard InChI is InChI=1S/C32H39N5O7/c1-10-11-12-21-19(18-33)13-14-22-27(21)29(36(2)3)28(20-15-25(40-5)34-26(16-20)41-6)32(38,44-9)37(22)23-17-24(39-4)31(43-8)35-30(23)42-7/h13-17,38H,10-12H2,1-9H3. The van der Waals surface area contributed by atoms with Gasteiger partial charge in [-0.2, -0.15) is 15.2 Å². The number of ether oxygens (including phenoxy) is 6. The SMILES string of the molecule is CCCCc1c(C#N)ccc2c1C(N(C)C)=C(c1cc(OC)nc(OC)c1)C(O)(OC)N2c1cc(OC)c(OC)nc1OC. The minimum absolute atomic E-state index is 0.140. The van der Waals surface area contributed by atoms with Gasteiger partial charge in [0.2, 0.25) is 17.6 Å². The topological polar surface area (TPSA) is 132 Å². The van der Waals surface area contributed by atoms with Crippen LogP contribution in [0.5, 0.6) is 29.3 Å². The average Bonchev–Trinajstić information content (AvgIpc) is 3.05. The molecule has 234 valence electrons. The molecule has 0 fully saturated rings. The van der Waals surface area contributed by atoms with Crippen molar-refractivity contribution in [3.05, 3.63) is 52.6 Å². The van der Waals surface area contributed by atoms with Crippen LogP contribution in [0, 0.1) is 11.3 Å². The van der Waals surface area contributed by atoms with E-state index in [2.05, 4.69) is 23.0 Å². The van der Waals surface area contributed by atoms with Gasteiger partial charge >= 0.3 is 0 Å². The van der Waals surface area contributed by atoms with Crippen LogP contribution in [-0.4, -0.2) is 82.6 Å². The molecule has 1 N–H and O–H groups in total. The molecule has 0 saturated heterocycles. The number of rotatable bonds is 12. The Morgan fingerprint density at radius 1 is 0.886 bits per heavy atom. The maximum absolute atomic E-state index is 12.9. The molecule has 0 spiro atoms. The largest absolute Gasteiger partial charge is 0.491 e. The smallest absolute Gasteiger partial charge is 0.284 e. The molecule has 0 radical (unpaired) electrons. The number of anilines is 2. The Kier molecular flexibility index (Phi) is 9.71. The van der Waals surface area contributed by atoms with Gasteiger partial charge in [-0.25, -0.2) is 0 Å². The van der Waals surface area contributed by atoms with Crippen LogP contribution in [0.1, 0.15) is 42.0 Å². The lowest BCUT2D eigenvalue weighted by molar-refractivity contribution is -0.131. The molecule has 1 atom stereocenters. The predicted molar refractivity (Wildman–Crippen MR) is 166 cm³/mol. The lowest BCUT2D eigenvalue weighted by Crippen LogP contribution is -2.52. The molecule has 1 unspecified atom stereocenters. The molecule has 0 amide bonds. The number of methoxy groups -OCH3 is 6. The Morgan fingerprint density at radius 3 is 2.05 bits per heavy atom.